The van der Waals surface area contributed by atoms with Crippen LogP contribution >= 0.6 is 11.8 Å². The third-order valence-corrected chi connectivity index (χ3v) is 5.74. The average molecular weight is 427 g/mol. The highest BCUT2D eigenvalue weighted by Gasteiger charge is 2.14. The Morgan fingerprint density at radius 2 is 1.73 bits per heavy atom. The molecule has 0 spiro atoms. The third-order valence-electron chi connectivity index (χ3n) is 4.52. The Morgan fingerprint density at radius 3 is 2.37 bits per heavy atom. The van der Waals surface area contributed by atoms with Crippen molar-refractivity contribution < 1.29 is 5.11 Å². The van der Waals surface area contributed by atoms with E-state index in [-0.39, 0.29) is 25.6 Å². The molecule has 0 unspecified atom stereocenters. The number of aromatic nitrogens is 3. The van der Waals surface area contributed by atoms with E-state index in [9.17, 15) is 14.7 Å². The molecule has 0 fully saturated rings. The lowest BCUT2D eigenvalue weighted by Gasteiger charge is -2.15. The number of aliphatic hydroxyl groups excluding tert-OH is 1. The van der Waals surface area contributed by atoms with Gasteiger partial charge in [-0.3, -0.25) is 4.57 Å². The number of thioether (sulfide) groups is 1. The molecule has 0 aliphatic heterocycles. The van der Waals surface area contributed by atoms with Crippen LogP contribution in [0.5, 0.6) is 0 Å². The van der Waals surface area contributed by atoms with E-state index in [4.69, 9.17) is 0 Å². The van der Waals surface area contributed by atoms with Crippen LogP contribution in [0.2, 0.25) is 0 Å². The van der Waals surface area contributed by atoms with Crippen LogP contribution in [-0.4, -0.2) is 31.6 Å². The van der Waals surface area contributed by atoms with Gasteiger partial charge in [0.2, 0.25) is 5.95 Å². The van der Waals surface area contributed by atoms with Gasteiger partial charge in [0.15, 0.2) is 0 Å². The Morgan fingerprint density at radius 1 is 1.03 bits per heavy atom. The molecule has 3 aromatic rings. The number of aryl methyl sites for hydroxylation is 1. The zero-order valence-electron chi connectivity index (χ0n) is 17.2. The van der Waals surface area contributed by atoms with Crippen molar-refractivity contribution in [3.8, 4) is 0 Å². The maximum atomic E-state index is 13.0. The zero-order valence-corrected chi connectivity index (χ0v) is 18.0. The monoisotopic (exact) mass is 426 g/mol. The highest BCUT2D eigenvalue weighted by molar-refractivity contribution is 7.99. The zero-order chi connectivity index (χ0) is 21.5. The van der Waals surface area contributed by atoms with Crippen molar-refractivity contribution in [2.45, 2.75) is 38.3 Å². The predicted molar refractivity (Wildman–Crippen MR) is 121 cm³/mol. The van der Waals surface area contributed by atoms with E-state index in [1.165, 1.54) is 4.57 Å². The molecule has 0 bridgehead atoms. The van der Waals surface area contributed by atoms with Crippen LogP contribution in [0.4, 0.5) is 11.6 Å². The van der Waals surface area contributed by atoms with E-state index < -0.39 is 11.4 Å². The molecule has 1 heterocycles. The molecule has 0 amide bonds. The summed E-state index contributed by atoms with van der Waals surface area (Å²) >= 11 is 1.78. The highest BCUT2D eigenvalue weighted by atomic mass is 32.2. The first-order valence-corrected chi connectivity index (χ1v) is 10.9. The van der Waals surface area contributed by atoms with Crippen LogP contribution in [0, 0.1) is 6.92 Å². The van der Waals surface area contributed by atoms with Gasteiger partial charge in [-0.1, -0.05) is 36.8 Å². The van der Waals surface area contributed by atoms with Gasteiger partial charge < -0.3 is 10.4 Å². The molecule has 2 N–H and O–H groups in total. The number of nitrogens with zero attached hydrogens (tertiary/aromatic N) is 3. The molecular weight excluding hydrogens is 400 g/mol. The molecule has 0 saturated heterocycles. The van der Waals surface area contributed by atoms with E-state index in [0.29, 0.717) is 0 Å². The summed E-state index contributed by atoms with van der Waals surface area (Å²) in [6.45, 7) is 3.98. The summed E-state index contributed by atoms with van der Waals surface area (Å²) in [6.07, 6.45) is 1.10. The lowest BCUT2D eigenvalue weighted by molar-refractivity contribution is 0.268. The summed E-state index contributed by atoms with van der Waals surface area (Å²) in [7, 11) is 0. The molecule has 8 heteroatoms. The van der Waals surface area contributed by atoms with Crippen LogP contribution < -0.4 is 16.7 Å². The summed E-state index contributed by atoms with van der Waals surface area (Å²) < 4.78 is 2.37. The van der Waals surface area contributed by atoms with Gasteiger partial charge in [0.05, 0.1) is 19.7 Å². The van der Waals surface area contributed by atoms with Crippen molar-refractivity contribution in [3.05, 3.63) is 80.6 Å². The van der Waals surface area contributed by atoms with E-state index in [1.54, 1.807) is 11.8 Å². The van der Waals surface area contributed by atoms with Crippen LogP contribution in [0.25, 0.3) is 0 Å². The topological polar surface area (TPSA) is 89.2 Å². The Kier molecular flexibility index (Phi) is 7.48. The molecule has 30 heavy (non-hydrogen) atoms. The van der Waals surface area contributed by atoms with Crippen molar-refractivity contribution in [2.24, 2.45) is 0 Å². The third kappa shape index (κ3) is 5.40. The summed E-state index contributed by atoms with van der Waals surface area (Å²) in [6, 6.07) is 15.6. The Balaban J connectivity index is 1.96. The SMILES string of the molecule is CCCSc1ccc(Nc2nc(=O)n(CCO)c(=O)n2Cc2ccc(C)cc2)cc1. The van der Waals surface area contributed by atoms with Gasteiger partial charge >= 0.3 is 11.4 Å². The van der Waals surface area contributed by atoms with E-state index >= 15 is 0 Å². The molecule has 0 atom stereocenters. The first-order chi connectivity index (χ1) is 14.5. The minimum absolute atomic E-state index is 0.0950. The summed E-state index contributed by atoms with van der Waals surface area (Å²) in [5, 5.41) is 12.3. The Bertz CT molecular complexity index is 1090. The summed E-state index contributed by atoms with van der Waals surface area (Å²) in [4.78, 5) is 30.5. The van der Waals surface area contributed by atoms with Crippen molar-refractivity contribution >= 4 is 23.4 Å². The maximum Gasteiger partial charge on any atom is 0.355 e. The molecule has 2 aromatic carbocycles. The van der Waals surface area contributed by atoms with Gasteiger partial charge in [-0.25, -0.2) is 14.2 Å². The predicted octanol–water partition coefficient (Wildman–Crippen LogP) is 3.00. The number of rotatable bonds is 9. The lowest BCUT2D eigenvalue weighted by atomic mass is 10.1. The molecule has 3 rings (SSSR count). The number of aliphatic hydroxyl groups is 1. The van der Waals surface area contributed by atoms with E-state index in [2.05, 4.69) is 17.2 Å². The number of hydrogen-bond donors (Lipinski definition) is 2. The molecule has 7 nitrogen and oxygen atoms in total. The number of anilines is 2. The molecule has 0 saturated carbocycles. The standard InChI is InChI=1S/C22H26N4O3S/c1-3-14-30-19-10-8-18(9-11-19)23-20-24-21(28)25(12-13-27)22(29)26(20)15-17-6-4-16(2)5-7-17/h4-11,27H,3,12-15H2,1-2H3,(H,23,24,28). The minimum Gasteiger partial charge on any atom is -0.395 e. The molecule has 0 radical (unpaired) electrons. The molecule has 1 aromatic heterocycles. The first kappa shape index (κ1) is 21.9. The van der Waals surface area contributed by atoms with Gasteiger partial charge in [-0.15, -0.1) is 11.8 Å². The fraction of sp³-hybridized carbons (Fsp3) is 0.318. The van der Waals surface area contributed by atoms with Crippen molar-refractivity contribution in [1.29, 1.82) is 0 Å². The second-order valence-corrected chi connectivity index (χ2v) is 8.11. The molecular formula is C22H26N4O3S. The largest absolute Gasteiger partial charge is 0.395 e. The molecule has 158 valence electrons. The van der Waals surface area contributed by atoms with Gasteiger partial charge in [0.1, 0.15) is 0 Å². The van der Waals surface area contributed by atoms with E-state index in [1.807, 2.05) is 55.5 Å². The second kappa shape index (κ2) is 10.3. The minimum atomic E-state index is -0.688. The fourth-order valence-electron chi connectivity index (χ4n) is 2.92. The normalized spacial score (nSPS) is 10.9. The van der Waals surface area contributed by atoms with Crippen LogP contribution in [0.1, 0.15) is 24.5 Å². The Hall–Kier alpha value is -2.84. The second-order valence-electron chi connectivity index (χ2n) is 6.95. The van der Waals surface area contributed by atoms with Gasteiger partial charge in [-0.2, -0.15) is 4.98 Å². The highest BCUT2D eigenvalue weighted by Crippen LogP contribution is 2.22. The molecule has 0 aliphatic rings. The average Bonchev–Trinajstić information content (AvgIpc) is 2.75. The fourth-order valence-corrected chi connectivity index (χ4v) is 3.69. The first-order valence-electron chi connectivity index (χ1n) is 9.89. The summed E-state index contributed by atoms with van der Waals surface area (Å²) in [5.41, 5.74) is 1.57. The Labute approximate surface area is 179 Å². The quantitative estimate of drug-likeness (QED) is 0.512. The van der Waals surface area contributed by atoms with Gasteiger partial charge in [0, 0.05) is 10.6 Å². The van der Waals surface area contributed by atoms with Gasteiger partial charge in [-0.05, 0) is 48.9 Å². The van der Waals surface area contributed by atoms with Crippen molar-refractivity contribution in [1.82, 2.24) is 14.1 Å². The van der Waals surface area contributed by atoms with Gasteiger partial charge in [0.25, 0.3) is 0 Å². The number of benzene rings is 2. The smallest absolute Gasteiger partial charge is 0.355 e. The van der Waals surface area contributed by atoms with Crippen LogP contribution in [0.15, 0.2) is 63.0 Å². The van der Waals surface area contributed by atoms with Crippen molar-refractivity contribution in [3.63, 3.8) is 0 Å². The van der Waals surface area contributed by atoms with Crippen molar-refractivity contribution in [2.75, 3.05) is 17.7 Å². The molecule has 0 aliphatic carbocycles. The number of nitrogens with one attached hydrogen (secondary N) is 1. The summed E-state index contributed by atoms with van der Waals surface area (Å²) in [5.74, 6) is 1.22. The van der Waals surface area contributed by atoms with Crippen LogP contribution in [0.3, 0.4) is 0 Å². The van der Waals surface area contributed by atoms with Crippen LogP contribution in [-0.2, 0) is 13.1 Å². The van der Waals surface area contributed by atoms with E-state index in [0.717, 1.165) is 38.5 Å². The maximum absolute atomic E-state index is 13.0. The lowest BCUT2D eigenvalue weighted by Crippen LogP contribution is -2.43. The number of hydrogen-bond acceptors (Lipinski definition) is 6.